The van der Waals surface area contributed by atoms with Gasteiger partial charge in [-0.25, -0.2) is 0 Å². The number of hydrogen-bond acceptors (Lipinski definition) is 7. The summed E-state index contributed by atoms with van der Waals surface area (Å²) in [6.07, 6.45) is 4.23. The molecular weight excluding hydrogens is 406 g/mol. The number of rotatable bonds is 12. The van der Waals surface area contributed by atoms with Crippen LogP contribution < -0.4 is 16.0 Å². The van der Waals surface area contributed by atoms with Crippen LogP contribution in [0.5, 0.6) is 0 Å². The van der Waals surface area contributed by atoms with Crippen molar-refractivity contribution in [1.82, 2.24) is 5.32 Å². The van der Waals surface area contributed by atoms with Crippen molar-refractivity contribution in [3.8, 4) is 0 Å². The van der Waals surface area contributed by atoms with Crippen molar-refractivity contribution in [1.29, 1.82) is 0 Å². The predicted molar refractivity (Wildman–Crippen MR) is 117 cm³/mol. The van der Waals surface area contributed by atoms with Gasteiger partial charge < -0.3 is 15.6 Å². The average molecular weight is 438 g/mol. The van der Waals surface area contributed by atoms with Gasteiger partial charge in [0, 0.05) is 10.6 Å². The number of unbranched alkanes of at least 4 members (excludes halogenated alkanes) is 3. The average Bonchev–Trinajstić information content (AvgIpc) is 2.84. The van der Waals surface area contributed by atoms with Gasteiger partial charge >= 0.3 is 11.9 Å². The van der Waals surface area contributed by atoms with Crippen LogP contribution in [0.3, 0.4) is 0 Å². The molecule has 30 heavy (non-hydrogen) atoms. The highest BCUT2D eigenvalue weighted by Crippen LogP contribution is 2.34. The summed E-state index contributed by atoms with van der Waals surface area (Å²) in [5.41, 5.74) is 6.10. The first-order chi connectivity index (χ1) is 14.5. The van der Waals surface area contributed by atoms with Crippen molar-refractivity contribution in [3.63, 3.8) is 0 Å². The van der Waals surface area contributed by atoms with Crippen LogP contribution in [-0.4, -0.2) is 60.5 Å². The van der Waals surface area contributed by atoms with E-state index in [0.717, 1.165) is 30.6 Å². The van der Waals surface area contributed by atoms with Crippen molar-refractivity contribution in [2.75, 3.05) is 30.3 Å². The van der Waals surface area contributed by atoms with Crippen molar-refractivity contribution < 1.29 is 24.2 Å². The molecule has 2 atom stereocenters. The van der Waals surface area contributed by atoms with Gasteiger partial charge in [-0.1, -0.05) is 31.4 Å². The van der Waals surface area contributed by atoms with Crippen LogP contribution in [-0.2, 0) is 19.1 Å². The standard InChI is InChI=1S/C21H31N3O5S/c1-2-29-21(28)15(9-5-3-4-8-12-22)23-16-14-30-18-11-7-6-10-17(18)24(20(16)27)13-19(25)26/h6-7,10-11,15-16,23H,2-5,8-9,12-14,22H2,1H3,(H,25,26)/t15?,16-/m0/s1. The molecule has 1 aromatic carbocycles. The Balaban J connectivity index is 2.14. The van der Waals surface area contributed by atoms with Gasteiger partial charge in [0.25, 0.3) is 0 Å². The number of fused-ring (bicyclic) bond motifs is 1. The van der Waals surface area contributed by atoms with E-state index in [4.69, 9.17) is 10.5 Å². The largest absolute Gasteiger partial charge is 0.480 e. The number of nitrogens with zero attached hydrogens (tertiary/aromatic N) is 1. The van der Waals surface area contributed by atoms with E-state index < -0.39 is 24.6 Å². The summed E-state index contributed by atoms with van der Waals surface area (Å²) in [4.78, 5) is 39.2. The molecule has 0 aromatic heterocycles. The number of para-hydroxylation sites is 1. The summed E-state index contributed by atoms with van der Waals surface area (Å²) < 4.78 is 5.20. The van der Waals surface area contributed by atoms with Gasteiger partial charge in [0.1, 0.15) is 12.6 Å². The number of carboxylic acid groups (broad SMARTS) is 1. The minimum atomic E-state index is -1.09. The van der Waals surface area contributed by atoms with E-state index in [1.807, 2.05) is 12.1 Å². The number of ether oxygens (including phenoxy) is 1. The highest BCUT2D eigenvalue weighted by Gasteiger charge is 2.34. The number of nitrogens with two attached hydrogens (primary N) is 1. The lowest BCUT2D eigenvalue weighted by Crippen LogP contribution is -2.54. The van der Waals surface area contributed by atoms with Crippen LogP contribution >= 0.6 is 11.8 Å². The van der Waals surface area contributed by atoms with Crippen molar-refractivity contribution in [3.05, 3.63) is 24.3 Å². The van der Waals surface area contributed by atoms with Gasteiger partial charge in [-0.2, -0.15) is 0 Å². The van der Waals surface area contributed by atoms with Gasteiger partial charge in [0.2, 0.25) is 5.91 Å². The number of anilines is 1. The minimum absolute atomic E-state index is 0.258. The first-order valence-electron chi connectivity index (χ1n) is 10.4. The molecule has 1 amide bonds. The molecule has 166 valence electrons. The first kappa shape index (κ1) is 24.2. The molecule has 1 aromatic rings. The van der Waals surface area contributed by atoms with Crippen molar-refractivity contribution >= 4 is 35.3 Å². The summed E-state index contributed by atoms with van der Waals surface area (Å²) in [6.45, 7) is 2.22. The van der Waals surface area contributed by atoms with Crippen molar-refractivity contribution in [2.24, 2.45) is 5.73 Å². The smallest absolute Gasteiger partial charge is 0.323 e. The van der Waals surface area contributed by atoms with Gasteiger partial charge in [0.05, 0.1) is 18.3 Å². The second-order valence-corrected chi connectivity index (χ2v) is 8.17. The molecule has 0 fully saturated rings. The summed E-state index contributed by atoms with van der Waals surface area (Å²) in [5, 5.41) is 12.5. The van der Waals surface area contributed by atoms with Gasteiger partial charge in [0.15, 0.2) is 0 Å². The minimum Gasteiger partial charge on any atom is -0.480 e. The third kappa shape index (κ3) is 7.00. The number of amides is 1. The monoisotopic (exact) mass is 437 g/mol. The summed E-state index contributed by atoms with van der Waals surface area (Å²) in [5.74, 6) is -1.44. The number of carboxylic acids is 1. The Bertz CT molecular complexity index is 730. The topological polar surface area (TPSA) is 122 Å². The third-order valence-electron chi connectivity index (χ3n) is 4.84. The molecule has 0 radical (unpaired) electrons. The number of aliphatic carboxylic acids is 1. The second-order valence-electron chi connectivity index (χ2n) is 7.11. The lowest BCUT2D eigenvalue weighted by molar-refractivity contribution is -0.146. The van der Waals surface area contributed by atoms with E-state index in [-0.39, 0.29) is 18.5 Å². The number of benzene rings is 1. The van der Waals surface area contributed by atoms with E-state index in [1.165, 1.54) is 16.7 Å². The molecule has 2 rings (SSSR count). The molecule has 1 aliphatic rings. The molecule has 0 saturated carbocycles. The predicted octanol–water partition coefficient (Wildman–Crippen LogP) is 2.01. The summed E-state index contributed by atoms with van der Waals surface area (Å²) in [7, 11) is 0. The van der Waals surface area contributed by atoms with Crippen LogP contribution in [0.25, 0.3) is 0 Å². The van der Waals surface area contributed by atoms with Gasteiger partial charge in [-0.3, -0.25) is 24.6 Å². The number of hydrogen-bond donors (Lipinski definition) is 3. The molecule has 1 heterocycles. The Morgan fingerprint density at radius 2 is 2.03 bits per heavy atom. The number of esters is 1. The highest BCUT2D eigenvalue weighted by molar-refractivity contribution is 7.99. The zero-order valence-corrected chi connectivity index (χ0v) is 18.2. The Kier molecular flexibility index (Phi) is 10.1. The Morgan fingerprint density at radius 1 is 1.30 bits per heavy atom. The Morgan fingerprint density at radius 3 is 2.73 bits per heavy atom. The Hall–Kier alpha value is -2.10. The van der Waals surface area contributed by atoms with Gasteiger partial charge in [-0.05, 0) is 38.4 Å². The first-order valence-corrected chi connectivity index (χ1v) is 11.3. The van der Waals surface area contributed by atoms with Crippen LogP contribution in [0.4, 0.5) is 5.69 Å². The number of nitrogens with one attached hydrogen (secondary N) is 1. The summed E-state index contributed by atoms with van der Waals surface area (Å²) >= 11 is 1.47. The van der Waals surface area contributed by atoms with Crippen molar-refractivity contribution in [2.45, 2.75) is 56.0 Å². The zero-order chi connectivity index (χ0) is 21.9. The number of carbonyl (C=O) groups is 3. The Labute approximate surface area is 181 Å². The fourth-order valence-electron chi connectivity index (χ4n) is 3.37. The SMILES string of the molecule is CCOC(=O)C(CCCCCCN)N[C@H]1CSc2ccccc2N(CC(=O)O)C1=O. The molecule has 0 saturated heterocycles. The number of carbonyl (C=O) groups excluding carboxylic acids is 2. The van der Waals surface area contributed by atoms with E-state index in [9.17, 15) is 19.5 Å². The lowest BCUT2D eigenvalue weighted by atomic mass is 10.1. The maximum Gasteiger partial charge on any atom is 0.323 e. The molecule has 1 aliphatic heterocycles. The number of thioether (sulfide) groups is 1. The second kappa shape index (κ2) is 12.6. The molecule has 4 N–H and O–H groups in total. The van der Waals surface area contributed by atoms with Crippen LogP contribution in [0, 0.1) is 0 Å². The fraction of sp³-hybridized carbons (Fsp3) is 0.571. The van der Waals surface area contributed by atoms with E-state index in [2.05, 4.69) is 5.32 Å². The molecule has 9 heteroatoms. The van der Waals surface area contributed by atoms with Crippen LogP contribution in [0.15, 0.2) is 29.2 Å². The molecule has 0 spiro atoms. The van der Waals surface area contributed by atoms with Gasteiger partial charge in [-0.15, -0.1) is 11.8 Å². The van der Waals surface area contributed by atoms with Crippen LogP contribution in [0.1, 0.15) is 39.0 Å². The summed E-state index contributed by atoms with van der Waals surface area (Å²) in [6, 6.07) is 5.92. The maximum absolute atomic E-state index is 13.2. The molecular formula is C21H31N3O5S. The maximum atomic E-state index is 13.2. The highest BCUT2D eigenvalue weighted by atomic mass is 32.2. The third-order valence-corrected chi connectivity index (χ3v) is 6.00. The molecule has 8 nitrogen and oxygen atoms in total. The van der Waals surface area contributed by atoms with E-state index >= 15 is 0 Å². The molecule has 0 bridgehead atoms. The molecule has 1 unspecified atom stereocenters. The zero-order valence-electron chi connectivity index (χ0n) is 17.3. The van der Waals surface area contributed by atoms with Crippen LogP contribution in [0.2, 0.25) is 0 Å². The lowest BCUT2D eigenvalue weighted by Gasteiger charge is -2.27. The normalized spacial score (nSPS) is 17.2. The quantitative estimate of drug-likeness (QED) is 0.335. The fourth-order valence-corrected chi connectivity index (χ4v) is 4.46. The van der Waals surface area contributed by atoms with E-state index in [0.29, 0.717) is 24.4 Å². The van der Waals surface area contributed by atoms with E-state index in [1.54, 1.807) is 19.1 Å². The molecule has 0 aliphatic carbocycles.